The molecule has 1 aromatic heterocycles. The maximum absolute atomic E-state index is 13.4. The van der Waals surface area contributed by atoms with Crippen molar-refractivity contribution in [3.63, 3.8) is 0 Å². The predicted molar refractivity (Wildman–Crippen MR) is 62.8 cm³/mol. The normalized spacial score (nSPS) is 11.1. The van der Waals surface area contributed by atoms with Crippen LogP contribution in [0.5, 0.6) is 0 Å². The molecule has 86 valence electrons. The average molecular weight is 221 g/mol. The number of nitrogens with zero attached hydrogens (tertiary/aromatic N) is 1. The summed E-state index contributed by atoms with van der Waals surface area (Å²) in [7, 11) is 0. The van der Waals surface area contributed by atoms with Crippen LogP contribution in [0.25, 0.3) is 10.9 Å². The summed E-state index contributed by atoms with van der Waals surface area (Å²) in [5.41, 5.74) is 0.948. The fourth-order valence-electron chi connectivity index (χ4n) is 1.95. The van der Waals surface area contributed by atoms with Crippen LogP contribution in [0.2, 0.25) is 0 Å². The zero-order valence-electron chi connectivity index (χ0n) is 9.19. The van der Waals surface area contributed by atoms with Crippen molar-refractivity contribution in [2.45, 2.75) is 25.8 Å². The molecule has 1 aromatic carbocycles. The number of aryl methyl sites for hydroxylation is 1. The molecule has 2 rings (SSSR count). The van der Waals surface area contributed by atoms with Gasteiger partial charge in [-0.3, -0.25) is 0 Å². The lowest BCUT2D eigenvalue weighted by Crippen LogP contribution is -1.96. The van der Waals surface area contributed by atoms with E-state index in [-0.39, 0.29) is 12.4 Å². The zero-order valence-corrected chi connectivity index (χ0v) is 9.19. The molecule has 0 bridgehead atoms. The summed E-state index contributed by atoms with van der Waals surface area (Å²) in [6.45, 7) is 1.13. The fourth-order valence-corrected chi connectivity index (χ4v) is 1.95. The average Bonchev–Trinajstić information content (AvgIpc) is 2.70. The lowest BCUT2D eigenvalue weighted by atomic mass is 10.2. The Labute approximate surface area is 94.3 Å². The van der Waals surface area contributed by atoms with Crippen LogP contribution in [-0.2, 0) is 6.54 Å². The molecule has 0 fully saturated rings. The van der Waals surface area contributed by atoms with E-state index in [1.165, 1.54) is 6.07 Å². The second-order valence-corrected chi connectivity index (χ2v) is 3.97. The summed E-state index contributed by atoms with van der Waals surface area (Å²) in [5, 5.41) is 9.36. The van der Waals surface area contributed by atoms with Crippen LogP contribution in [0.15, 0.2) is 30.5 Å². The van der Waals surface area contributed by atoms with E-state index >= 15 is 0 Å². The number of benzene rings is 1. The van der Waals surface area contributed by atoms with Gasteiger partial charge in [-0.2, -0.15) is 0 Å². The third-order valence-corrected chi connectivity index (χ3v) is 2.82. The molecule has 0 spiro atoms. The number of rotatable bonds is 5. The summed E-state index contributed by atoms with van der Waals surface area (Å²) >= 11 is 0. The summed E-state index contributed by atoms with van der Waals surface area (Å²) in [5.74, 6) is -0.161. The molecule has 0 aliphatic rings. The van der Waals surface area contributed by atoms with E-state index in [9.17, 15) is 4.39 Å². The number of hydrogen-bond acceptors (Lipinski definition) is 1. The van der Waals surface area contributed by atoms with Gasteiger partial charge in [-0.25, -0.2) is 4.39 Å². The maximum Gasteiger partial charge on any atom is 0.132 e. The smallest absolute Gasteiger partial charge is 0.132 e. The van der Waals surface area contributed by atoms with Crippen LogP contribution < -0.4 is 0 Å². The molecular formula is C13H16FNO. The Kier molecular flexibility index (Phi) is 3.57. The van der Waals surface area contributed by atoms with Crippen molar-refractivity contribution in [2.75, 3.05) is 6.61 Å². The molecule has 16 heavy (non-hydrogen) atoms. The highest BCUT2D eigenvalue weighted by Gasteiger charge is 2.04. The van der Waals surface area contributed by atoms with Crippen molar-refractivity contribution >= 4 is 10.9 Å². The largest absolute Gasteiger partial charge is 0.396 e. The van der Waals surface area contributed by atoms with Gasteiger partial charge >= 0.3 is 0 Å². The Morgan fingerprint density at radius 3 is 2.81 bits per heavy atom. The Morgan fingerprint density at radius 2 is 2.00 bits per heavy atom. The zero-order chi connectivity index (χ0) is 11.4. The van der Waals surface area contributed by atoms with Gasteiger partial charge < -0.3 is 9.67 Å². The minimum atomic E-state index is -0.161. The van der Waals surface area contributed by atoms with Crippen LogP contribution >= 0.6 is 0 Å². The van der Waals surface area contributed by atoms with Gasteiger partial charge in [0.25, 0.3) is 0 Å². The molecule has 0 saturated heterocycles. The highest BCUT2D eigenvalue weighted by atomic mass is 19.1. The Hall–Kier alpha value is -1.35. The van der Waals surface area contributed by atoms with Crippen LogP contribution in [-0.4, -0.2) is 16.3 Å². The van der Waals surface area contributed by atoms with Crippen LogP contribution in [0.1, 0.15) is 19.3 Å². The number of unbranched alkanes of at least 4 members (excludes halogenated alkanes) is 2. The Morgan fingerprint density at radius 1 is 1.12 bits per heavy atom. The van der Waals surface area contributed by atoms with Gasteiger partial charge in [0.1, 0.15) is 5.82 Å². The molecule has 2 aromatic rings. The quantitative estimate of drug-likeness (QED) is 0.771. The van der Waals surface area contributed by atoms with Gasteiger partial charge in [0.15, 0.2) is 0 Å². The minimum absolute atomic E-state index is 0.161. The van der Waals surface area contributed by atoms with Crippen molar-refractivity contribution in [1.82, 2.24) is 4.57 Å². The molecule has 0 aliphatic carbocycles. The molecule has 1 heterocycles. The molecule has 0 atom stereocenters. The topological polar surface area (TPSA) is 25.2 Å². The van der Waals surface area contributed by atoms with Crippen molar-refractivity contribution < 1.29 is 9.50 Å². The van der Waals surface area contributed by atoms with E-state index in [1.54, 1.807) is 6.07 Å². The molecule has 0 unspecified atom stereocenters. The number of aromatic nitrogens is 1. The summed E-state index contributed by atoms with van der Waals surface area (Å²) in [6.07, 6.45) is 4.78. The monoisotopic (exact) mass is 221 g/mol. The van der Waals surface area contributed by atoms with E-state index in [4.69, 9.17) is 5.11 Å². The lowest BCUT2D eigenvalue weighted by molar-refractivity contribution is 0.282. The standard InChI is InChI=1S/C13H16FNO/c14-12-5-4-6-13-11(12)7-9-15(13)8-2-1-3-10-16/h4-7,9,16H,1-3,8,10H2. The predicted octanol–water partition coefficient (Wildman–Crippen LogP) is 2.94. The van der Waals surface area contributed by atoms with Gasteiger partial charge in [0, 0.05) is 24.7 Å². The molecule has 0 amide bonds. The molecule has 0 radical (unpaired) electrons. The fraction of sp³-hybridized carbons (Fsp3) is 0.385. The number of fused-ring (bicyclic) bond motifs is 1. The highest BCUT2D eigenvalue weighted by Crippen LogP contribution is 2.19. The van der Waals surface area contributed by atoms with Crippen molar-refractivity contribution in [3.8, 4) is 0 Å². The van der Waals surface area contributed by atoms with Gasteiger partial charge in [-0.15, -0.1) is 0 Å². The first-order chi connectivity index (χ1) is 7.83. The van der Waals surface area contributed by atoms with Crippen LogP contribution in [0.4, 0.5) is 4.39 Å². The lowest BCUT2D eigenvalue weighted by Gasteiger charge is -2.04. The number of aliphatic hydroxyl groups is 1. The first-order valence-corrected chi connectivity index (χ1v) is 5.67. The minimum Gasteiger partial charge on any atom is -0.396 e. The van der Waals surface area contributed by atoms with E-state index in [0.29, 0.717) is 5.39 Å². The third kappa shape index (κ3) is 2.25. The first kappa shape index (κ1) is 11.1. The van der Waals surface area contributed by atoms with Crippen molar-refractivity contribution in [1.29, 1.82) is 0 Å². The molecule has 1 N–H and O–H groups in total. The van der Waals surface area contributed by atoms with Crippen LogP contribution in [0, 0.1) is 5.82 Å². The highest BCUT2D eigenvalue weighted by molar-refractivity contribution is 5.80. The van der Waals surface area contributed by atoms with Crippen molar-refractivity contribution in [3.05, 3.63) is 36.3 Å². The molecule has 0 saturated carbocycles. The molecule has 0 aliphatic heterocycles. The van der Waals surface area contributed by atoms with E-state index in [2.05, 4.69) is 4.57 Å². The number of hydrogen-bond donors (Lipinski definition) is 1. The van der Waals surface area contributed by atoms with E-state index < -0.39 is 0 Å². The third-order valence-electron chi connectivity index (χ3n) is 2.82. The van der Waals surface area contributed by atoms with Crippen molar-refractivity contribution in [2.24, 2.45) is 0 Å². The maximum atomic E-state index is 13.4. The second kappa shape index (κ2) is 5.12. The summed E-state index contributed by atoms with van der Waals surface area (Å²) in [4.78, 5) is 0. The number of aliphatic hydroxyl groups excluding tert-OH is 1. The van der Waals surface area contributed by atoms with Crippen LogP contribution in [0.3, 0.4) is 0 Å². The molecule has 3 heteroatoms. The van der Waals surface area contributed by atoms with Gasteiger partial charge in [-0.1, -0.05) is 6.07 Å². The van der Waals surface area contributed by atoms with Gasteiger partial charge in [0.2, 0.25) is 0 Å². The summed E-state index contributed by atoms with van der Waals surface area (Å²) < 4.78 is 15.5. The van der Waals surface area contributed by atoms with E-state index in [0.717, 1.165) is 31.3 Å². The second-order valence-electron chi connectivity index (χ2n) is 3.97. The SMILES string of the molecule is OCCCCCn1ccc2c(F)cccc21. The van der Waals surface area contributed by atoms with Gasteiger partial charge in [-0.05, 0) is 37.5 Å². The Balaban J connectivity index is 2.10. The Bertz CT molecular complexity index is 464. The molecular weight excluding hydrogens is 205 g/mol. The number of halogens is 1. The van der Waals surface area contributed by atoms with E-state index in [1.807, 2.05) is 18.3 Å². The first-order valence-electron chi connectivity index (χ1n) is 5.67. The van der Waals surface area contributed by atoms with Gasteiger partial charge in [0.05, 0.1) is 5.52 Å². The molecule has 2 nitrogen and oxygen atoms in total. The summed E-state index contributed by atoms with van der Waals surface area (Å²) in [6, 6.07) is 6.97.